The van der Waals surface area contributed by atoms with E-state index in [2.05, 4.69) is 20.7 Å². The maximum Gasteiger partial charge on any atom is 0.325 e. The summed E-state index contributed by atoms with van der Waals surface area (Å²) in [5.74, 6) is -0.478. The summed E-state index contributed by atoms with van der Waals surface area (Å²) in [5.41, 5.74) is 1.09. The van der Waals surface area contributed by atoms with Gasteiger partial charge in [0.05, 0.1) is 7.11 Å². The van der Waals surface area contributed by atoms with Crippen LogP contribution in [0.4, 0.5) is 0 Å². The van der Waals surface area contributed by atoms with Crippen LogP contribution in [-0.2, 0) is 20.7 Å². The molecule has 0 heterocycles. The lowest BCUT2D eigenvalue weighted by Crippen LogP contribution is -2.32. The van der Waals surface area contributed by atoms with Crippen molar-refractivity contribution in [2.75, 3.05) is 20.7 Å². The number of hydrogen-bond acceptors (Lipinski definition) is 3. The fraction of sp³-hybridized carbons (Fsp3) is 0.385. The fourth-order valence-electron chi connectivity index (χ4n) is 1.48. The molecule has 1 rings (SSSR count). The molecule has 1 aromatic carbocycles. The molecule has 0 radical (unpaired) electrons. The van der Waals surface area contributed by atoms with Crippen LogP contribution in [0.2, 0.25) is 0 Å². The summed E-state index contributed by atoms with van der Waals surface area (Å²) in [5, 5.41) is 0. The van der Waals surface area contributed by atoms with E-state index in [9.17, 15) is 9.59 Å². The smallest absolute Gasteiger partial charge is 0.325 e. The molecule has 0 saturated heterocycles. The normalized spacial score (nSPS) is 9.94. The number of rotatable bonds is 5. The molecule has 0 aliphatic heterocycles. The zero-order chi connectivity index (χ0) is 13.5. The number of likely N-dealkylation sites (N-methyl/N-ethyl adjacent to an activating group) is 1. The first-order valence-corrected chi connectivity index (χ1v) is 6.37. The quantitative estimate of drug-likeness (QED) is 0.781. The Balaban J connectivity index is 2.43. The number of nitrogens with zero attached hydrogens (tertiary/aromatic N) is 1. The Labute approximate surface area is 115 Å². The van der Waals surface area contributed by atoms with Crippen molar-refractivity contribution in [1.29, 1.82) is 0 Å². The number of ether oxygens (including phenoxy) is 1. The van der Waals surface area contributed by atoms with Gasteiger partial charge in [-0.15, -0.1) is 0 Å². The Bertz CT molecular complexity index is 434. The maximum atomic E-state index is 11.8. The SMILES string of the molecule is COC(=O)CN(C)C(=O)CCc1cccc(Br)c1. The van der Waals surface area contributed by atoms with E-state index in [1.54, 1.807) is 7.05 Å². The molecule has 0 unspecified atom stereocenters. The lowest BCUT2D eigenvalue weighted by Gasteiger charge is -2.15. The molecule has 0 fully saturated rings. The third-order valence-electron chi connectivity index (χ3n) is 2.54. The van der Waals surface area contributed by atoms with Gasteiger partial charge in [-0.25, -0.2) is 0 Å². The van der Waals surface area contributed by atoms with Crippen molar-refractivity contribution in [3.8, 4) is 0 Å². The molecule has 0 spiro atoms. The molecule has 0 bridgehead atoms. The molecule has 0 aliphatic carbocycles. The molecule has 0 saturated carbocycles. The van der Waals surface area contributed by atoms with Gasteiger partial charge in [0.25, 0.3) is 0 Å². The van der Waals surface area contributed by atoms with Crippen molar-refractivity contribution in [2.45, 2.75) is 12.8 Å². The standard InChI is InChI=1S/C13H16BrNO3/c1-15(9-13(17)18-2)12(16)7-6-10-4-3-5-11(14)8-10/h3-5,8H,6-7,9H2,1-2H3. The summed E-state index contributed by atoms with van der Waals surface area (Å²) in [6.07, 6.45) is 1.04. The highest BCUT2D eigenvalue weighted by Gasteiger charge is 2.12. The number of carbonyl (C=O) groups excluding carboxylic acids is 2. The second kappa shape index (κ2) is 7.16. The second-order valence-electron chi connectivity index (χ2n) is 3.96. The molecule has 98 valence electrons. The van der Waals surface area contributed by atoms with Crippen molar-refractivity contribution in [1.82, 2.24) is 4.90 Å². The number of methoxy groups -OCH3 is 1. The van der Waals surface area contributed by atoms with Gasteiger partial charge in [0, 0.05) is 17.9 Å². The van der Waals surface area contributed by atoms with Crippen LogP contribution >= 0.6 is 15.9 Å². The Morgan fingerprint density at radius 1 is 1.39 bits per heavy atom. The molecule has 1 aromatic rings. The van der Waals surface area contributed by atoms with Crippen molar-refractivity contribution in [3.63, 3.8) is 0 Å². The monoisotopic (exact) mass is 313 g/mol. The van der Waals surface area contributed by atoms with Crippen molar-refractivity contribution >= 4 is 27.8 Å². The molecule has 5 heteroatoms. The Hall–Kier alpha value is -1.36. The van der Waals surface area contributed by atoms with Gasteiger partial charge in [-0.1, -0.05) is 28.1 Å². The first-order chi connectivity index (χ1) is 8.52. The molecular formula is C13H16BrNO3. The second-order valence-corrected chi connectivity index (χ2v) is 4.87. The minimum absolute atomic E-state index is 0.00613. The van der Waals surface area contributed by atoms with Gasteiger partial charge < -0.3 is 9.64 Å². The molecule has 18 heavy (non-hydrogen) atoms. The zero-order valence-electron chi connectivity index (χ0n) is 10.5. The third-order valence-corrected chi connectivity index (χ3v) is 3.03. The molecule has 0 atom stereocenters. The minimum atomic E-state index is -0.409. The Morgan fingerprint density at radius 3 is 2.72 bits per heavy atom. The highest BCUT2D eigenvalue weighted by atomic mass is 79.9. The molecule has 0 N–H and O–H groups in total. The Kier molecular flexibility index (Phi) is 5.85. The van der Waals surface area contributed by atoms with E-state index in [1.807, 2.05) is 24.3 Å². The topological polar surface area (TPSA) is 46.6 Å². The molecule has 0 aromatic heterocycles. The van der Waals surface area contributed by atoms with Crippen LogP contribution in [0.15, 0.2) is 28.7 Å². The first-order valence-electron chi connectivity index (χ1n) is 5.58. The van der Waals surface area contributed by atoms with E-state index in [0.29, 0.717) is 12.8 Å². The molecule has 0 aliphatic rings. The van der Waals surface area contributed by atoms with Crippen LogP contribution in [-0.4, -0.2) is 37.5 Å². The van der Waals surface area contributed by atoms with E-state index in [0.717, 1.165) is 10.0 Å². The maximum absolute atomic E-state index is 11.8. The number of hydrogen-bond donors (Lipinski definition) is 0. The summed E-state index contributed by atoms with van der Waals surface area (Å²) in [6, 6.07) is 7.82. The number of esters is 1. The van der Waals surface area contributed by atoms with Gasteiger partial charge in [0.15, 0.2) is 0 Å². The van der Waals surface area contributed by atoms with E-state index in [-0.39, 0.29) is 12.5 Å². The van der Waals surface area contributed by atoms with E-state index in [1.165, 1.54) is 12.0 Å². The predicted octanol–water partition coefficient (Wildman–Crippen LogP) is 2.01. The highest BCUT2D eigenvalue weighted by Crippen LogP contribution is 2.13. The first kappa shape index (κ1) is 14.7. The third kappa shape index (κ3) is 4.87. The van der Waals surface area contributed by atoms with E-state index >= 15 is 0 Å². The van der Waals surface area contributed by atoms with Crippen molar-refractivity contribution < 1.29 is 14.3 Å². The summed E-state index contributed by atoms with van der Waals surface area (Å²) in [6.45, 7) is -0.00613. The number of benzene rings is 1. The highest BCUT2D eigenvalue weighted by molar-refractivity contribution is 9.10. The van der Waals surface area contributed by atoms with Crippen LogP contribution in [0.3, 0.4) is 0 Å². The minimum Gasteiger partial charge on any atom is -0.468 e. The fourth-order valence-corrected chi connectivity index (χ4v) is 1.93. The largest absolute Gasteiger partial charge is 0.468 e. The van der Waals surface area contributed by atoms with Crippen LogP contribution in [0.5, 0.6) is 0 Å². The summed E-state index contributed by atoms with van der Waals surface area (Å²) >= 11 is 3.38. The van der Waals surface area contributed by atoms with Crippen LogP contribution in [0.25, 0.3) is 0 Å². The summed E-state index contributed by atoms with van der Waals surface area (Å²) in [7, 11) is 2.91. The number of halogens is 1. The average molecular weight is 314 g/mol. The van der Waals surface area contributed by atoms with Gasteiger partial charge in [-0.05, 0) is 24.1 Å². The van der Waals surface area contributed by atoms with Crippen LogP contribution in [0.1, 0.15) is 12.0 Å². The lowest BCUT2D eigenvalue weighted by molar-refractivity contribution is -0.146. The van der Waals surface area contributed by atoms with E-state index < -0.39 is 5.97 Å². The van der Waals surface area contributed by atoms with Gasteiger partial charge >= 0.3 is 5.97 Å². The van der Waals surface area contributed by atoms with Crippen molar-refractivity contribution in [2.24, 2.45) is 0 Å². The zero-order valence-corrected chi connectivity index (χ0v) is 12.1. The molecule has 1 amide bonds. The van der Waals surface area contributed by atoms with E-state index in [4.69, 9.17) is 0 Å². The van der Waals surface area contributed by atoms with Gasteiger partial charge in [-0.3, -0.25) is 9.59 Å². The van der Waals surface area contributed by atoms with Crippen molar-refractivity contribution in [3.05, 3.63) is 34.3 Å². The summed E-state index contributed by atoms with van der Waals surface area (Å²) < 4.78 is 5.51. The lowest BCUT2D eigenvalue weighted by atomic mass is 10.1. The summed E-state index contributed by atoms with van der Waals surface area (Å²) in [4.78, 5) is 24.2. The van der Waals surface area contributed by atoms with Gasteiger partial charge in [0.2, 0.25) is 5.91 Å². The molecular weight excluding hydrogens is 298 g/mol. The van der Waals surface area contributed by atoms with Crippen LogP contribution < -0.4 is 0 Å². The number of amides is 1. The number of aryl methyl sites for hydroxylation is 1. The van der Waals surface area contributed by atoms with Gasteiger partial charge in [0.1, 0.15) is 6.54 Å². The van der Waals surface area contributed by atoms with Gasteiger partial charge in [-0.2, -0.15) is 0 Å². The Morgan fingerprint density at radius 2 is 2.11 bits per heavy atom. The average Bonchev–Trinajstić information content (AvgIpc) is 2.35. The predicted molar refractivity (Wildman–Crippen MR) is 72.1 cm³/mol. The number of carbonyl (C=O) groups is 2. The van der Waals surface area contributed by atoms with Crippen LogP contribution in [0, 0.1) is 0 Å². The molecule has 4 nitrogen and oxygen atoms in total.